The van der Waals surface area contributed by atoms with Crippen molar-refractivity contribution in [2.45, 2.75) is 37.5 Å². The lowest BCUT2D eigenvalue weighted by Crippen LogP contribution is -2.25. The monoisotopic (exact) mass is 438 g/mol. The SMILES string of the molecule is CCOC(=O)c1ccc(NC(=O)[C@H](CC)Sc2nnc(C)n3c2cc2occc23)cc1. The Hall–Kier alpha value is -3.33. The fourth-order valence-electron chi connectivity index (χ4n) is 3.31. The van der Waals surface area contributed by atoms with E-state index in [4.69, 9.17) is 9.15 Å². The standard InChI is InChI=1S/C22H22N4O4S/c1-4-19(20(27)23-15-8-6-14(7-9-15)22(28)29-5-2)31-21-17-12-18-16(10-11-30-18)26(17)13(3)24-25-21/h6-12,19H,4-5H2,1-3H3,(H,23,27)/t19-/m0/s1. The van der Waals surface area contributed by atoms with Gasteiger partial charge in [0.25, 0.3) is 0 Å². The van der Waals surface area contributed by atoms with Gasteiger partial charge in [0.15, 0.2) is 5.58 Å². The smallest absolute Gasteiger partial charge is 0.338 e. The van der Waals surface area contributed by atoms with E-state index in [1.165, 1.54) is 11.8 Å². The number of carbonyl (C=O) groups is 2. The third-order valence-corrected chi connectivity index (χ3v) is 6.18. The Bertz CT molecular complexity index is 1250. The molecule has 3 aromatic heterocycles. The van der Waals surface area contributed by atoms with Gasteiger partial charge in [0.05, 0.1) is 34.7 Å². The Labute approximate surface area is 183 Å². The highest BCUT2D eigenvalue weighted by Crippen LogP contribution is 2.32. The van der Waals surface area contributed by atoms with Gasteiger partial charge in [0.1, 0.15) is 10.9 Å². The van der Waals surface area contributed by atoms with Crippen molar-refractivity contribution >= 4 is 45.9 Å². The number of ether oxygens (including phenoxy) is 1. The summed E-state index contributed by atoms with van der Waals surface area (Å²) in [7, 11) is 0. The highest BCUT2D eigenvalue weighted by atomic mass is 32.2. The fourth-order valence-corrected chi connectivity index (χ4v) is 4.27. The van der Waals surface area contributed by atoms with E-state index in [-0.39, 0.29) is 17.1 Å². The van der Waals surface area contributed by atoms with Crippen LogP contribution in [0.15, 0.2) is 52.1 Å². The number of aromatic nitrogens is 3. The van der Waals surface area contributed by atoms with Crippen molar-refractivity contribution < 1.29 is 18.7 Å². The van der Waals surface area contributed by atoms with E-state index in [1.807, 2.05) is 30.4 Å². The first-order chi connectivity index (χ1) is 15.0. The molecule has 0 saturated carbocycles. The number of nitrogens with zero attached hydrogens (tertiary/aromatic N) is 3. The lowest BCUT2D eigenvalue weighted by molar-refractivity contribution is -0.115. The molecule has 0 bridgehead atoms. The van der Waals surface area contributed by atoms with Crippen LogP contribution in [0.3, 0.4) is 0 Å². The molecular formula is C22H22N4O4S. The maximum Gasteiger partial charge on any atom is 0.338 e. The van der Waals surface area contributed by atoms with Crippen molar-refractivity contribution in [2.75, 3.05) is 11.9 Å². The van der Waals surface area contributed by atoms with Gasteiger partial charge < -0.3 is 14.5 Å². The minimum Gasteiger partial charge on any atom is -0.463 e. The second-order valence-corrected chi connectivity index (χ2v) is 8.08. The predicted molar refractivity (Wildman–Crippen MR) is 118 cm³/mol. The van der Waals surface area contributed by atoms with Crippen LogP contribution in [0, 0.1) is 6.92 Å². The first kappa shape index (κ1) is 20.9. The molecule has 1 aromatic carbocycles. The molecule has 0 aliphatic carbocycles. The van der Waals surface area contributed by atoms with Crippen LogP contribution in [-0.2, 0) is 9.53 Å². The Kier molecular flexibility index (Phi) is 5.94. The summed E-state index contributed by atoms with van der Waals surface area (Å²) >= 11 is 1.37. The van der Waals surface area contributed by atoms with Crippen molar-refractivity contribution in [3.05, 3.63) is 54.0 Å². The number of rotatable bonds is 7. The summed E-state index contributed by atoms with van der Waals surface area (Å²) in [6, 6.07) is 10.4. The van der Waals surface area contributed by atoms with Gasteiger partial charge in [0, 0.05) is 17.8 Å². The number of carbonyl (C=O) groups excluding carboxylic acids is 2. The zero-order valence-corrected chi connectivity index (χ0v) is 18.2. The van der Waals surface area contributed by atoms with Gasteiger partial charge in [-0.25, -0.2) is 4.79 Å². The maximum absolute atomic E-state index is 12.9. The second-order valence-electron chi connectivity index (χ2n) is 6.89. The summed E-state index contributed by atoms with van der Waals surface area (Å²) in [5.41, 5.74) is 3.58. The van der Waals surface area contributed by atoms with E-state index in [9.17, 15) is 9.59 Å². The number of furan rings is 1. The lowest BCUT2D eigenvalue weighted by Gasteiger charge is -2.15. The van der Waals surface area contributed by atoms with Crippen LogP contribution >= 0.6 is 11.8 Å². The maximum atomic E-state index is 12.9. The minimum atomic E-state index is -0.387. The average Bonchev–Trinajstić information content (AvgIpc) is 3.36. The first-order valence-electron chi connectivity index (χ1n) is 9.98. The van der Waals surface area contributed by atoms with Crippen LogP contribution in [0.4, 0.5) is 5.69 Å². The number of esters is 1. The molecule has 4 rings (SSSR count). The minimum absolute atomic E-state index is 0.146. The Morgan fingerprint density at radius 3 is 2.65 bits per heavy atom. The Balaban J connectivity index is 1.52. The van der Waals surface area contributed by atoms with Gasteiger partial charge in [-0.2, -0.15) is 0 Å². The van der Waals surface area contributed by atoms with Gasteiger partial charge in [-0.05, 0) is 44.5 Å². The van der Waals surface area contributed by atoms with Gasteiger partial charge in [-0.3, -0.25) is 9.20 Å². The van der Waals surface area contributed by atoms with Crippen molar-refractivity contribution in [3.8, 4) is 0 Å². The predicted octanol–water partition coefficient (Wildman–Crippen LogP) is 4.47. The topological polar surface area (TPSA) is 98.7 Å². The van der Waals surface area contributed by atoms with E-state index in [2.05, 4.69) is 15.5 Å². The van der Waals surface area contributed by atoms with Crippen LogP contribution in [-0.4, -0.2) is 38.3 Å². The highest BCUT2D eigenvalue weighted by Gasteiger charge is 2.22. The summed E-state index contributed by atoms with van der Waals surface area (Å²) in [5, 5.41) is 11.8. The molecule has 31 heavy (non-hydrogen) atoms. The summed E-state index contributed by atoms with van der Waals surface area (Å²) in [6.07, 6.45) is 2.25. The zero-order valence-electron chi connectivity index (χ0n) is 17.4. The molecule has 0 unspecified atom stereocenters. The van der Waals surface area contributed by atoms with E-state index >= 15 is 0 Å². The van der Waals surface area contributed by atoms with Gasteiger partial charge in [-0.15, -0.1) is 10.2 Å². The Morgan fingerprint density at radius 1 is 1.16 bits per heavy atom. The molecular weight excluding hydrogens is 416 g/mol. The van der Waals surface area contributed by atoms with E-state index in [0.29, 0.717) is 29.3 Å². The second kappa shape index (κ2) is 8.81. The summed E-state index contributed by atoms with van der Waals surface area (Å²) in [5.74, 6) is 0.212. The normalized spacial score (nSPS) is 12.2. The number of fused-ring (bicyclic) bond motifs is 3. The van der Waals surface area contributed by atoms with Crippen molar-refractivity contribution in [2.24, 2.45) is 0 Å². The summed E-state index contributed by atoms with van der Waals surface area (Å²) in [6.45, 7) is 5.90. The molecule has 0 spiro atoms. The number of hydrogen-bond donors (Lipinski definition) is 1. The molecule has 0 aliphatic rings. The third-order valence-electron chi connectivity index (χ3n) is 4.83. The molecule has 1 atom stereocenters. The molecule has 0 radical (unpaired) electrons. The largest absolute Gasteiger partial charge is 0.463 e. The molecule has 0 aliphatic heterocycles. The molecule has 4 aromatic rings. The van der Waals surface area contributed by atoms with Crippen molar-refractivity contribution in [1.29, 1.82) is 0 Å². The molecule has 160 valence electrons. The molecule has 3 heterocycles. The number of thioether (sulfide) groups is 1. The molecule has 0 saturated heterocycles. The Morgan fingerprint density at radius 2 is 1.94 bits per heavy atom. The molecule has 0 fully saturated rings. The fraction of sp³-hybridized carbons (Fsp3) is 0.273. The molecule has 9 heteroatoms. The lowest BCUT2D eigenvalue weighted by atomic mass is 10.2. The highest BCUT2D eigenvalue weighted by molar-refractivity contribution is 8.00. The number of nitrogens with one attached hydrogen (secondary N) is 1. The van der Waals surface area contributed by atoms with E-state index in [0.717, 1.165) is 22.4 Å². The third kappa shape index (κ3) is 4.13. The van der Waals surface area contributed by atoms with Crippen LogP contribution in [0.2, 0.25) is 0 Å². The van der Waals surface area contributed by atoms with Crippen LogP contribution in [0.1, 0.15) is 36.5 Å². The van der Waals surface area contributed by atoms with Crippen LogP contribution in [0.5, 0.6) is 0 Å². The number of benzene rings is 1. The van der Waals surface area contributed by atoms with Crippen LogP contribution in [0.25, 0.3) is 16.6 Å². The first-order valence-corrected chi connectivity index (χ1v) is 10.9. The van der Waals surface area contributed by atoms with Gasteiger partial charge in [-0.1, -0.05) is 18.7 Å². The van der Waals surface area contributed by atoms with Gasteiger partial charge >= 0.3 is 5.97 Å². The summed E-state index contributed by atoms with van der Waals surface area (Å²) in [4.78, 5) is 24.7. The summed E-state index contributed by atoms with van der Waals surface area (Å²) < 4.78 is 12.5. The van der Waals surface area contributed by atoms with E-state index in [1.54, 1.807) is 37.5 Å². The van der Waals surface area contributed by atoms with E-state index < -0.39 is 0 Å². The quantitative estimate of drug-likeness (QED) is 0.336. The average molecular weight is 439 g/mol. The molecule has 1 amide bonds. The van der Waals surface area contributed by atoms with Crippen molar-refractivity contribution in [1.82, 2.24) is 14.6 Å². The number of hydrogen-bond acceptors (Lipinski definition) is 7. The van der Waals surface area contributed by atoms with Gasteiger partial charge in [0.2, 0.25) is 5.91 Å². The number of anilines is 1. The molecule has 1 N–H and O–H groups in total. The molecule has 8 nitrogen and oxygen atoms in total. The van der Waals surface area contributed by atoms with Crippen LogP contribution < -0.4 is 5.32 Å². The number of amides is 1. The number of aryl methyl sites for hydroxylation is 1. The zero-order chi connectivity index (χ0) is 22.0. The van der Waals surface area contributed by atoms with Crippen molar-refractivity contribution in [3.63, 3.8) is 0 Å².